The number of nitrogens with zero attached hydrogens (tertiary/aromatic N) is 3. The van der Waals surface area contributed by atoms with Crippen LogP contribution in [0.5, 0.6) is 0 Å². The molecule has 6 heteroatoms. The third-order valence-electron chi connectivity index (χ3n) is 2.99. The summed E-state index contributed by atoms with van der Waals surface area (Å²) >= 11 is 3.49. The van der Waals surface area contributed by atoms with Gasteiger partial charge in [0.15, 0.2) is 12.6 Å². The van der Waals surface area contributed by atoms with E-state index in [1.165, 1.54) is 4.68 Å². The monoisotopic (exact) mass is 351 g/mol. The van der Waals surface area contributed by atoms with E-state index in [0.717, 1.165) is 15.6 Å². The molecule has 0 atom stereocenters. The molecule has 0 bridgehead atoms. The minimum atomic E-state index is -0.524. The van der Waals surface area contributed by atoms with Crippen molar-refractivity contribution in [3.05, 3.63) is 34.6 Å². The number of halogens is 1. The molecule has 0 spiro atoms. The Hall–Kier alpha value is -1.69. The van der Waals surface area contributed by atoms with Gasteiger partial charge in [0.2, 0.25) is 0 Å². The van der Waals surface area contributed by atoms with Crippen LogP contribution in [-0.2, 0) is 16.3 Å². The maximum absolute atomic E-state index is 11.7. The van der Waals surface area contributed by atoms with Crippen LogP contribution >= 0.6 is 15.9 Å². The molecule has 0 saturated heterocycles. The number of carbonyl (C=O) groups excluding carboxylic acids is 1. The molecule has 0 radical (unpaired) electrons. The first kappa shape index (κ1) is 15.7. The van der Waals surface area contributed by atoms with Crippen LogP contribution in [0.2, 0.25) is 0 Å². The molecule has 1 heterocycles. The smallest absolute Gasteiger partial charge is 0.313 e. The van der Waals surface area contributed by atoms with Crippen LogP contribution in [-0.4, -0.2) is 20.7 Å². The molecule has 0 aliphatic carbocycles. The summed E-state index contributed by atoms with van der Waals surface area (Å²) in [4.78, 5) is 16.0. The van der Waals surface area contributed by atoms with Crippen molar-refractivity contribution < 1.29 is 9.53 Å². The molecule has 112 valence electrons. The Morgan fingerprint density at radius 2 is 2.10 bits per heavy atom. The summed E-state index contributed by atoms with van der Waals surface area (Å²) in [5, 5.41) is 4.34. The highest BCUT2D eigenvalue weighted by molar-refractivity contribution is 9.10. The van der Waals surface area contributed by atoms with Crippen LogP contribution in [0.25, 0.3) is 11.4 Å². The Kier molecular flexibility index (Phi) is 4.46. The van der Waals surface area contributed by atoms with E-state index in [-0.39, 0.29) is 12.7 Å². The molecule has 0 saturated carbocycles. The fraction of sp³-hybridized carbons (Fsp3) is 0.400. The average Bonchev–Trinajstić information content (AvgIpc) is 2.86. The molecule has 2 rings (SSSR count). The van der Waals surface area contributed by atoms with Crippen molar-refractivity contribution in [1.82, 2.24) is 14.8 Å². The quantitative estimate of drug-likeness (QED) is 0.793. The predicted molar refractivity (Wildman–Crippen MR) is 83.4 cm³/mol. The third-order valence-corrected chi connectivity index (χ3v) is 3.84. The summed E-state index contributed by atoms with van der Waals surface area (Å²) in [5.41, 5.74) is 1.50. The van der Waals surface area contributed by atoms with E-state index in [1.807, 2.05) is 45.9 Å². The van der Waals surface area contributed by atoms with Crippen LogP contribution in [0.3, 0.4) is 0 Å². The molecule has 21 heavy (non-hydrogen) atoms. The molecule has 0 N–H and O–H groups in total. The van der Waals surface area contributed by atoms with Gasteiger partial charge >= 0.3 is 5.97 Å². The number of aromatic nitrogens is 3. The summed E-state index contributed by atoms with van der Waals surface area (Å²) in [7, 11) is 0. The van der Waals surface area contributed by atoms with Crippen molar-refractivity contribution in [2.75, 3.05) is 0 Å². The second kappa shape index (κ2) is 5.97. The number of ether oxygens (including phenoxy) is 1. The molecular weight excluding hydrogens is 334 g/mol. The first-order valence-electron chi connectivity index (χ1n) is 6.61. The topological polar surface area (TPSA) is 57.0 Å². The van der Waals surface area contributed by atoms with Gasteiger partial charge in [-0.2, -0.15) is 0 Å². The fourth-order valence-electron chi connectivity index (χ4n) is 1.67. The van der Waals surface area contributed by atoms with Crippen molar-refractivity contribution in [3.8, 4) is 11.4 Å². The zero-order chi connectivity index (χ0) is 15.6. The van der Waals surface area contributed by atoms with Gasteiger partial charge in [0, 0.05) is 10.0 Å². The molecule has 0 unspecified atom stereocenters. The largest absolute Gasteiger partial charge is 0.442 e. The minimum absolute atomic E-state index is 0.0656. The maximum Gasteiger partial charge on any atom is 0.313 e. The van der Waals surface area contributed by atoms with Gasteiger partial charge < -0.3 is 4.74 Å². The molecule has 1 aromatic carbocycles. The molecule has 0 fully saturated rings. The van der Waals surface area contributed by atoms with Gasteiger partial charge in [-0.1, -0.05) is 28.1 Å². The maximum atomic E-state index is 11.7. The van der Waals surface area contributed by atoms with Crippen LogP contribution < -0.4 is 0 Å². The van der Waals surface area contributed by atoms with Crippen molar-refractivity contribution >= 4 is 21.9 Å². The summed E-state index contributed by atoms with van der Waals surface area (Å²) in [6.45, 7) is 7.50. The molecule has 5 nitrogen and oxygen atoms in total. The first-order valence-corrected chi connectivity index (χ1v) is 7.40. The normalized spacial score (nSPS) is 11.5. The number of rotatable bonds is 3. The SMILES string of the molecule is Cc1c(Br)cccc1-c1ncn(COC(=O)C(C)(C)C)n1. The first-order chi connectivity index (χ1) is 9.79. The van der Waals surface area contributed by atoms with Gasteiger partial charge in [0.1, 0.15) is 6.33 Å². The summed E-state index contributed by atoms with van der Waals surface area (Å²) in [6, 6.07) is 5.87. The van der Waals surface area contributed by atoms with Gasteiger partial charge in [0.25, 0.3) is 0 Å². The van der Waals surface area contributed by atoms with E-state index < -0.39 is 5.41 Å². The molecular formula is C15H18BrN3O2. The third kappa shape index (κ3) is 3.69. The molecule has 0 aliphatic rings. The number of esters is 1. The van der Waals surface area contributed by atoms with Crippen molar-refractivity contribution in [1.29, 1.82) is 0 Å². The van der Waals surface area contributed by atoms with E-state index >= 15 is 0 Å². The number of benzene rings is 1. The molecule has 2 aromatic rings. The second-order valence-corrected chi connectivity index (χ2v) is 6.69. The van der Waals surface area contributed by atoms with Crippen LogP contribution in [0.4, 0.5) is 0 Å². The van der Waals surface area contributed by atoms with Crippen LogP contribution in [0, 0.1) is 12.3 Å². The highest BCUT2D eigenvalue weighted by atomic mass is 79.9. The zero-order valence-corrected chi connectivity index (χ0v) is 14.1. The van der Waals surface area contributed by atoms with E-state index in [9.17, 15) is 4.79 Å². The Morgan fingerprint density at radius 1 is 1.38 bits per heavy atom. The van der Waals surface area contributed by atoms with Crippen LogP contribution in [0.1, 0.15) is 26.3 Å². The average molecular weight is 352 g/mol. The minimum Gasteiger partial charge on any atom is -0.442 e. The second-order valence-electron chi connectivity index (χ2n) is 5.83. The predicted octanol–water partition coefficient (Wildman–Crippen LogP) is 3.56. The Morgan fingerprint density at radius 3 is 2.76 bits per heavy atom. The highest BCUT2D eigenvalue weighted by Gasteiger charge is 2.23. The lowest BCUT2D eigenvalue weighted by Crippen LogP contribution is -2.24. The van der Waals surface area contributed by atoms with Gasteiger partial charge in [0.05, 0.1) is 5.41 Å². The number of carbonyl (C=O) groups is 1. The zero-order valence-electron chi connectivity index (χ0n) is 12.6. The number of hydrogen-bond acceptors (Lipinski definition) is 4. The van der Waals surface area contributed by atoms with Gasteiger partial charge in [-0.15, -0.1) is 5.10 Å². The van der Waals surface area contributed by atoms with Gasteiger partial charge in [-0.25, -0.2) is 9.67 Å². The van der Waals surface area contributed by atoms with Crippen LogP contribution in [0.15, 0.2) is 29.0 Å². The molecule has 0 amide bonds. The van der Waals surface area contributed by atoms with E-state index in [2.05, 4.69) is 26.0 Å². The van der Waals surface area contributed by atoms with Crippen molar-refractivity contribution in [3.63, 3.8) is 0 Å². The molecule has 0 aliphatic heterocycles. The fourth-order valence-corrected chi connectivity index (χ4v) is 2.04. The van der Waals surface area contributed by atoms with Gasteiger partial charge in [-0.3, -0.25) is 4.79 Å². The van der Waals surface area contributed by atoms with Crippen molar-refractivity contribution in [2.24, 2.45) is 5.41 Å². The van der Waals surface area contributed by atoms with E-state index in [1.54, 1.807) is 6.33 Å². The van der Waals surface area contributed by atoms with E-state index in [0.29, 0.717) is 5.82 Å². The van der Waals surface area contributed by atoms with E-state index in [4.69, 9.17) is 4.74 Å². The lowest BCUT2D eigenvalue weighted by Gasteiger charge is -2.16. The summed E-state index contributed by atoms with van der Waals surface area (Å²) < 4.78 is 7.73. The Bertz CT molecular complexity index is 659. The Balaban J connectivity index is 2.12. The summed E-state index contributed by atoms with van der Waals surface area (Å²) in [5.74, 6) is 0.346. The number of hydrogen-bond donors (Lipinski definition) is 0. The van der Waals surface area contributed by atoms with Gasteiger partial charge in [-0.05, 0) is 39.3 Å². The lowest BCUT2D eigenvalue weighted by atomic mass is 9.98. The van der Waals surface area contributed by atoms with Crippen molar-refractivity contribution in [2.45, 2.75) is 34.4 Å². The molecule has 1 aromatic heterocycles. The standard InChI is InChI=1S/C15H18BrN3O2/c1-10-11(6-5-7-12(10)16)13-17-8-19(18-13)9-21-14(20)15(2,3)4/h5-8H,9H2,1-4H3. The Labute approximate surface area is 132 Å². The summed E-state index contributed by atoms with van der Waals surface area (Å²) in [6.07, 6.45) is 1.56. The lowest BCUT2D eigenvalue weighted by molar-refractivity contribution is -0.157. The highest BCUT2D eigenvalue weighted by Crippen LogP contribution is 2.26.